The first-order chi connectivity index (χ1) is 6.74. The van der Waals surface area contributed by atoms with Gasteiger partial charge < -0.3 is 5.73 Å². The molecule has 0 aliphatic carbocycles. The summed E-state index contributed by atoms with van der Waals surface area (Å²) in [7, 11) is 0. The van der Waals surface area contributed by atoms with Gasteiger partial charge in [-0.05, 0) is 20.8 Å². The minimum Gasteiger partial charge on any atom is -0.370 e. The number of primary amides is 1. The van der Waals surface area contributed by atoms with Gasteiger partial charge in [0.2, 0.25) is 5.91 Å². The highest BCUT2D eigenvalue weighted by Gasteiger charge is 2.27. The van der Waals surface area contributed by atoms with Crippen LogP contribution in [0, 0.1) is 22.7 Å². The number of nitriles is 2. The Morgan fingerprint density at radius 1 is 1.27 bits per heavy atom. The molecule has 0 aromatic heterocycles. The van der Waals surface area contributed by atoms with Crippen molar-refractivity contribution in [3.05, 3.63) is 0 Å². The van der Waals surface area contributed by atoms with E-state index in [1.807, 2.05) is 12.1 Å². The molecule has 0 bridgehead atoms. The normalized spacial score (nSPS) is 15.3. The summed E-state index contributed by atoms with van der Waals surface area (Å²) in [5.41, 5.74) is 2.67. The van der Waals surface area contributed by atoms with Crippen LogP contribution in [0.15, 0.2) is 10.2 Å². The quantitative estimate of drug-likeness (QED) is 0.690. The average molecular weight is 207 g/mol. The molecule has 2 N–H and O–H groups in total. The average Bonchev–Trinajstić information content (AvgIpc) is 2.14. The third-order valence-corrected chi connectivity index (χ3v) is 1.55. The Kier molecular flexibility index (Phi) is 3.93. The topological polar surface area (TPSA) is 115 Å². The number of amides is 1. The molecule has 0 aliphatic heterocycles. The van der Waals surface area contributed by atoms with Crippen molar-refractivity contribution in [2.75, 3.05) is 0 Å². The Balaban J connectivity index is 4.83. The van der Waals surface area contributed by atoms with E-state index < -0.39 is 17.0 Å². The summed E-state index contributed by atoms with van der Waals surface area (Å²) < 4.78 is 0. The van der Waals surface area contributed by atoms with E-state index in [2.05, 4.69) is 10.2 Å². The molecule has 6 nitrogen and oxygen atoms in total. The van der Waals surface area contributed by atoms with Crippen molar-refractivity contribution in [1.82, 2.24) is 0 Å². The molecule has 6 heteroatoms. The van der Waals surface area contributed by atoms with E-state index in [1.165, 1.54) is 6.92 Å². The van der Waals surface area contributed by atoms with E-state index in [-0.39, 0.29) is 6.42 Å². The molecule has 0 aromatic rings. The smallest absolute Gasteiger partial charge is 0.221 e. The molecule has 0 aliphatic rings. The lowest BCUT2D eigenvalue weighted by Gasteiger charge is -2.14. The maximum absolute atomic E-state index is 10.7. The molecule has 1 amide bonds. The van der Waals surface area contributed by atoms with E-state index in [4.69, 9.17) is 16.3 Å². The van der Waals surface area contributed by atoms with Crippen molar-refractivity contribution >= 4 is 5.91 Å². The summed E-state index contributed by atoms with van der Waals surface area (Å²) in [5, 5.41) is 24.9. The molecule has 0 saturated carbocycles. The standard InChI is InChI=1S/C9H13N5O/c1-8(2,5-10)13-14-9(3,6-11)4-7(12)15/h4H2,1-3H3,(H2,12,15). The molecule has 0 saturated heterocycles. The van der Waals surface area contributed by atoms with Gasteiger partial charge in [0.25, 0.3) is 0 Å². The highest BCUT2D eigenvalue weighted by Crippen LogP contribution is 2.18. The van der Waals surface area contributed by atoms with Gasteiger partial charge in [0, 0.05) is 0 Å². The van der Waals surface area contributed by atoms with E-state index in [0.717, 1.165) is 0 Å². The number of azo groups is 1. The predicted molar refractivity (Wildman–Crippen MR) is 52.4 cm³/mol. The van der Waals surface area contributed by atoms with Gasteiger partial charge in [0.15, 0.2) is 11.1 Å². The molecule has 80 valence electrons. The van der Waals surface area contributed by atoms with E-state index in [0.29, 0.717) is 0 Å². The lowest BCUT2D eigenvalue weighted by atomic mass is 10.0. The molecule has 0 spiro atoms. The summed E-state index contributed by atoms with van der Waals surface area (Å²) in [6.07, 6.45) is -0.214. The summed E-state index contributed by atoms with van der Waals surface area (Å²) in [6, 6.07) is 3.74. The molecule has 1 unspecified atom stereocenters. The van der Waals surface area contributed by atoms with Gasteiger partial charge in [-0.3, -0.25) is 4.79 Å². The van der Waals surface area contributed by atoms with Crippen LogP contribution in [0.1, 0.15) is 27.2 Å². The summed E-state index contributed by atoms with van der Waals surface area (Å²) in [5.74, 6) is -0.632. The lowest BCUT2D eigenvalue weighted by molar-refractivity contribution is -0.118. The largest absolute Gasteiger partial charge is 0.370 e. The second-order valence-electron chi connectivity index (χ2n) is 3.90. The maximum atomic E-state index is 10.7. The zero-order valence-corrected chi connectivity index (χ0v) is 8.98. The lowest BCUT2D eigenvalue weighted by Crippen LogP contribution is -2.28. The van der Waals surface area contributed by atoms with E-state index >= 15 is 0 Å². The number of hydrogen-bond acceptors (Lipinski definition) is 5. The van der Waals surface area contributed by atoms with E-state index in [1.54, 1.807) is 13.8 Å². The molecule has 0 aromatic carbocycles. The first-order valence-electron chi connectivity index (χ1n) is 4.29. The number of carbonyl (C=O) groups excluding carboxylic acids is 1. The van der Waals surface area contributed by atoms with Gasteiger partial charge in [0.05, 0.1) is 18.6 Å². The van der Waals surface area contributed by atoms with Crippen LogP contribution in [0.25, 0.3) is 0 Å². The molecular weight excluding hydrogens is 194 g/mol. The molecule has 0 heterocycles. The highest BCUT2D eigenvalue weighted by atomic mass is 16.1. The van der Waals surface area contributed by atoms with Gasteiger partial charge >= 0.3 is 0 Å². The molecular formula is C9H13N5O. The first kappa shape index (κ1) is 13.1. The fourth-order valence-electron chi connectivity index (χ4n) is 0.694. The third-order valence-electron chi connectivity index (χ3n) is 1.55. The second-order valence-corrected chi connectivity index (χ2v) is 3.90. The number of rotatable bonds is 4. The molecule has 0 rings (SSSR count). The molecule has 0 radical (unpaired) electrons. The third kappa shape index (κ3) is 4.72. The first-order valence-corrected chi connectivity index (χ1v) is 4.29. The Morgan fingerprint density at radius 3 is 2.13 bits per heavy atom. The van der Waals surface area contributed by atoms with Crippen LogP contribution in [-0.4, -0.2) is 17.0 Å². The van der Waals surface area contributed by atoms with Crippen LogP contribution < -0.4 is 5.73 Å². The van der Waals surface area contributed by atoms with Crippen LogP contribution in [0.2, 0.25) is 0 Å². The van der Waals surface area contributed by atoms with Crippen molar-refractivity contribution in [2.45, 2.75) is 38.3 Å². The van der Waals surface area contributed by atoms with Crippen molar-refractivity contribution in [2.24, 2.45) is 16.0 Å². The highest BCUT2D eigenvalue weighted by molar-refractivity contribution is 5.75. The van der Waals surface area contributed by atoms with Gasteiger partial charge in [0.1, 0.15) is 0 Å². The van der Waals surface area contributed by atoms with Crippen molar-refractivity contribution in [3.63, 3.8) is 0 Å². The number of hydrogen-bond donors (Lipinski definition) is 1. The zero-order valence-electron chi connectivity index (χ0n) is 8.98. The maximum Gasteiger partial charge on any atom is 0.221 e. The summed E-state index contributed by atoms with van der Waals surface area (Å²) in [6.45, 7) is 4.55. The number of nitrogens with two attached hydrogens (primary N) is 1. The predicted octanol–water partition coefficient (Wildman–Crippen LogP) is 0.898. The fraction of sp³-hybridized carbons (Fsp3) is 0.667. The number of nitrogens with zero attached hydrogens (tertiary/aromatic N) is 4. The van der Waals surface area contributed by atoms with Gasteiger partial charge in [-0.15, -0.1) is 0 Å². The summed E-state index contributed by atoms with van der Waals surface area (Å²) >= 11 is 0. The zero-order chi connectivity index (χ0) is 12.1. The fourth-order valence-corrected chi connectivity index (χ4v) is 0.694. The van der Waals surface area contributed by atoms with E-state index in [9.17, 15) is 4.79 Å². The SMILES string of the molecule is CC(C)(C#N)N=NC(C)(C#N)CC(N)=O. The van der Waals surface area contributed by atoms with Crippen LogP contribution >= 0.6 is 0 Å². The van der Waals surface area contributed by atoms with Crippen molar-refractivity contribution < 1.29 is 4.79 Å². The van der Waals surface area contributed by atoms with Gasteiger partial charge in [-0.1, -0.05) is 0 Å². The minimum absolute atomic E-state index is 0.214. The molecule has 0 fully saturated rings. The molecule has 1 atom stereocenters. The second kappa shape index (κ2) is 4.52. The monoisotopic (exact) mass is 207 g/mol. The Bertz CT molecular complexity index is 360. The van der Waals surface area contributed by atoms with Crippen LogP contribution in [0.4, 0.5) is 0 Å². The number of carbonyl (C=O) groups is 1. The Morgan fingerprint density at radius 2 is 1.80 bits per heavy atom. The summed E-state index contributed by atoms with van der Waals surface area (Å²) in [4.78, 5) is 10.7. The van der Waals surface area contributed by atoms with Gasteiger partial charge in [-0.25, -0.2) is 0 Å². The van der Waals surface area contributed by atoms with Crippen LogP contribution in [0.5, 0.6) is 0 Å². The Labute approximate surface area is 88.4 Å². The van der Waals surface area contributed by atoms with Crippen molar-refractivity contribution in [1.29, 1.82) is 10.5 Å². The van der Waals surface area contributed by atoms with Crippen LogP contribution in [-0.2, 0) is 4.79 Å². The minimum atomic E-state index is -1.29. The van der Waals surface area contributed by atoms with Crippen LogP contribution in [0.3, 0.4) is 0 Å². The van der Waals surface area contributed by atoms with Crippen molar-refractivity contribution in [3.8, 4) is 12.1 Å². The molecule has 15 heavy (non-hydrogen) atoms. The van der Waals surface area contributed by atoms with Gasteiger partial charge in [-0.2, -0.15) is 20.8 Å². The Hall–Kier alpha value is -1.95.